The predicted octanol–water partition coefficient (Wildman–Crippen LogP) is 12.3. The normalized spacial score (nSPS) is 12.1. The summed E-state index contributed by atoms with van der Waals surface area (Å²) in [6.45, 7) is 0. The molecule has 0 aliphatic heterocycles. The van der Waals surface area contributed by atoms with Crippen molar-refractivity contribution in [3.8, 4) is 22.9 Å². The summed E-state index contributed by atoms with van der Waals surface area (Å²) in [7, 11) is 0. The Morgan fingerprint density at radius 1 is 0.370 bits per heavy atom. The highest BCUT2D eigenvalue weighted by atomic mass is 15.2. The molecule has 4 heterocycles. The van der Waals surface area contributed by atoms with Gasteiger partial charge in [-0.3, -0.25) is 9.55 Å². The fourth-order valence-electron chi connectivity index (χ4n) is 9.01. The highest BCUT2D eigenvalue weighted by Gasteiger charge is 2.26. The van der Waals surface area contributed by atoms with E-state index in [1.165, 1.54) is 54.1 Å². The molecule has 0 saturated heterocycles. The molecule has 0 spiro atoms. The third-order valence-electron chi connectivity index (χ3n) is 11.1. The molecule has 0 aliphatic rings. The number of fused-ring (bicyclic) bond motifs is 16. The van der Waals surface area contributed by atoms with Gasteiger partial charge in [-0.25, -0.2) is 9.97 Å². The molecule has 8 aromatic carbocycles. The third-order valence-corrected chi connectivity index (χ3v) is 11.1. The molecule has 0 saturated carbocycles. The number of hydrogen-bond donors (Lipinski definition) is 0. The van der Waals surface area contributed by atoms with Gasteiger partial charge in [0.1, 0.15) is 11.2 Å². The number of hydrogen-bond acceptors (Lipinski definition) is 3. The van der Waals surface area contributed by atoms with Crippen LogP contribution in [0.1, 0.15) is 0 Å². The van der Waals surface area contributed by atoms with E-state index in [2.05, 4.69) is 149 Å². The van der Waals surface area contributed by atoms with Crippen LogP contribution in [0, 0.1) is 0 Å². The Kier molecular flexibility index (Phi) is 5.99. The number of para-hydroxylation sites is 3. The summed E-state index contributed by atoms with van der Waals surface area (Å²) in [5, 5.41) is 12.1. The van der Waals surface area contributed by atoms with Crippen LogP contribution in [0.5, 0.6) is 0 Å². The van der Waals surface area contributed by atoms with Crippen molar-refractivity contribution in [2.45, 2.75) is 0 Å². The van der Waals surface area contributed by atoms with E-state index in [4.69, 9.17) is 15.0 Å². The molecule has 5 nitrogen and oxygen atoms in total. The van der Waals surface area contributed by atoms with Gasteiger partial charge in [0.05, 0.1) is 27.6 Å². The van der Waals surface area contributed by atoms with Crippen LogP contribution in [0.4, 0.5) is 0 Å². The van der Waals surface area contributed by atoms with Crippen molar-refractivity contribution >= 4 is 87.0 Å². The first-order valence-corrected chi connectivity index (χ1v) is 18.3. The fraction of sp³-hybridized carbons (Fsp3) is 0. The average Bonchev–Trinajstić information content (AvgIpc) is 3.78. The van der Waals surface area contributed by atoms with E-state index >= 15 is 0 Å². The number of nitrogens with zero attached hydrogens (tertiary/aromatic N) is 5. The molecule has 0 bridgehead atoms. The lowest BCUT2D eigenvalue weighted by atomic mass is 9.89. The van der Waals surface area contributed by atoms with Gasteiger partial charge in [0.25, 0.3) is 0 Å². The molecule has 0 fully saturated rings. The van der Waals surface area contributed by atoms with Crippen molar-refractivity contribution in [2.24, 2.45) is 0 Å². The van der Waals surface area contributed by atoms with E-state index in [-0.39, 0.29) is 0 Å². The Balaban J connectivity index is 1.38. The van der Waals surface area contributed by atoms with E-state index < -0.39 is 0 Å². The van der Waals surface area contributed by atoms with Gasteiger partial charge in [0, 0.05) is 55.2 Å². The molecule has 0 atom stereocenters. The minimum absolute atomic E-state index is 0.619. The Morgan fingerprint density at radius 2 is 0.889 bits per heavy atom. The molecule has 5 heteroatoms. The summed E-state index contributed by atoms with van der Waals surface area (Å²) in [5.74, 6) is 0.619. The third kappa shape index (κ3) is 3.90. The summed E-state index contributed by atoms with van der Waals surface area (Å²) in [6, 6.07) is 60.5. The zero-order valence-corrected chi connectivity index (χ0v) is 29.0. The van der Waals surface area contributed by atoms with Crippen LogP contribution in [-0.2, 0) is 0 Å². The molecule has 12 aromatic rings. The maximum Gasteiger partial charge on any atom is 0.235 e. The first-order chi connectivity index (χ1) is 26.8. The fourth-order valence-corrected chi connectivity index (χ4v) is 9.01. The second kappa shape index (κ2) is 11.1. The molecule has 4 aromatic heterocycles. The molecular formula is C49H29N5. The van der Waals surface area contributed by atoms with Crippen LogP contribution < -0.4 is 0 Å². The van der Waals surface area contributed by atoms with E-state index in [1.54, 1.807) is 0 Å². The van der Waals surface area contributed by atoms with E-state index in [1.807, 2.05) is 36.5 Å². The van der Waals surface area contributed by atoms with E-state index in [0.717, 1.165) is 49.8 Å². The van der Waals surface area contributed by atoms with E-state index in [0.29, 0.717) is 5.95 Å². The van der Waals surface area contributed by atoms with Crippen LogP contribution in [0.3, 0.4) is 0 Å². The van der Waals surface area contributed by atoms with E-state index in [9.17, 15) is 0 Å². The van der Waals surface area contributed by atoms with Gasteiger partial charge < -0.3 is 4.57 Å². The van der Waals surface area contributed by atoms with Crippen molar-refractivity contribution in [1.29, 1.82) is 0 Å². The molecule has 0 unspecified atom stereocenters. The minimum Gasteiger partial charge on any atom is -0.309 e. The largest absolute Gasteiger partial charge is 0.309 e. The lowest BCUT2D eigenvalue weighted by molar-refractivity contribution is 1.01. The maximum atomic E-state index is 5.39. The number of rotatable bonds is 3. The van der Waals surface area contributed by atoms with Gasteiger partial charge in [-0.1, -0.05) is 133 Å². The van der Waals surface area contributed by atoms with Gasteiger partial charge >= 0.3 is 0 Å². The molecule has 12 rings (SSSR count). The van der Waals surface area contributed by atoms with Gasteiger partial charge in [-0.2, -0.15) is 0 Å². The first-order valence-electron chi connectivity index (χ1n) is 18.3. The first kappa shape index (κ1) is 29.2. The molecule has 54 heavy (non-hydrogen) atoms. The smallest absolute Gasteiger partial charge is 0.235 e. The van der Waals surface area contributed by atoms with Gasteiger partial charge in [-0.15, -0.1) is 0 Å². The molecule has 0 aliphatic carbocycles. The van der Waals surface area contributed by atoms with Crippen LogP contribution in [0.2, 0.25) is 0 Å². The lowest BCUT2D eigenvalue weighted by Crippen LogP contribution is -2.04. The average molecular weight is 688 g/mol. The molecule has 0 radical (unpaired) electrons. The van der Waals surface area contributed by atoms with Crippen LogP contribution in [0.25, 0.3) is 110 Å². The Labute approximate surface area is 309 Å². The monoisotopic (exact) mass is 687 g/mol. The topological polar surface area (TPSA) is 48.5 Å². The number of aromatic nitrogens is 5. The highest BCUT2D eigenvalue weighted by molar-refractivity contribution is 6.45. The van der Waals surface area contributed by atoms with Gasteiger partial charge in [0.2, 0.25) is 5.95 Å². The summed E-state index contributed by atoms with van der Waals surface area (Å²) < 4.78 is 4.75. The number of pyridine rings is 1. The van der Waals surface area contributed by atoms with Crippen molar-refractivity contribution in [3.05, 3.63) is 176 Å². The Hall–Kier alpha value is -7.37. The molecule has 0 N–H and O–H groups in total. The zero-order valence-electron chi connectivity index (χ0n) is 29.0. The SMILES string of the molecule is c1ccc(-c2nc(-n3c4ccccc4c4c5c(c6ccccc6c6c5c5ccccc5n6-c5ccccc5)c5ccccc5c43)nc3cccnc23)cc1. The molecule has 0 amide bonds. The second-order valence-electron chi connectivity index (χ2n) is 13.9. The van der Waals surface area contributed by atoms with Crippen LogP contribution in [-0.4, -0.2) is 24.1 Å². The minimum atomic E-state index is 0.619. The predicted molar refractivity (Wildman–Crippen MR) is 224 cm³/mol. The highest BCUT2D eigenvalue weighted by Crippen LogP contribution is 2.50. The van der Waals surface area contributed by atoms with Gasteiger partial charge in [-0.05, 0) is 52.6 Å². The standard InChI is InChI=1S/C49H29N5/c1-3-16-30(17-4-1)45-46-38(26-15-29-50-46)51-49(52-45)54-40-28-14-12-25-37(40)43-44-41(33-21-8-10-23-35(33)48(43)54)32-20-7-9-22-34(32)47-42(44)36-24-11-13-27-39(36)53(47)31-18-5-2-6-19-31/h1-29H. The second-order valence-corrected chi connectivity index (χ2v) is 13.9. The lowest BCUT2D eigenvalue weighted by Gasteiger charge is -2.16. The summed E-state index contributed by atoms with van der Waals surface area (Å²) >= 11 is 0. The van der Waals surface area contributed by atoms with Crippen LogP contribution >= 0.6 is 0 Å². The number of benzene rings is 8. The molecule has 250 valence electrons. The summed E-state index contributed by atoms with van der Waals surface area (Å²) in [6.07, 6.45) is 1.82. The summed E-state index contributed by atoms with van der Waals surface area (Å²) in [4.78, 5) is 15.5. The van der Waals surface area contributed by atoms with Crippen molar-refractivity contribution in [1.82, 2.24) is 24.1 Å². The Bertz CT molecular complexity index is 3490. The van der Waals surface area contributed by atoms with Gasteiger partial charge in [0.15, 0.2) is 0 Å². The van der Waals surface area contributed by atoms with Crippen LogP contribution in [0.15, 0.2) is 176 Å². The van der Waals surface area contributed by atoms with Crippen molar-refractivity contribution in [2.75, 3.05) is 0 Å². The molecular weight excluding hydrogens is 659 g/mol. The summed E-state index contributed by atoms with van der Waals surface area (Å²) in [5.41, 5.74) is 9.07. The quantitative estimate of drug-likeness (QED) is 0.174. The van der Waals surface area contributed by atoms with Crippen molar-refractivity contribution < 1.29 is 0 Å². The zero-order chi connectivity index (χ0) is 35.3. The van der Waals surface area contributed by atoms with Crippen molar-refractivity contribution in [3.63, 3.8) is 0 Å². The maximum absolute atomic E-state index is 5.39. The Morgan fingerprint density at radius 3 is 1.54 bits per heavy atom.